The number of rotatable bonds is 9. The van der Waals surface area contributed by atoms with Crippen molar-refractivity contribution < 1.29 is 19.4 Å². The van der Waals surface area contributed by atoms with Gasteiger partial charge in [-0.1, -0.05) is 13.8 Å². The van der Waals surface area contributed by atoms with E-state index in [0.29, 0.717) is 61.7 Å². The van der Waals surface area contributed by atoms with E-state index >= 15 is 0 Å². The molecule has 1 aliphatic carbocycles. The van der Waals surface area contributed by atoms with E-state index in [1.165, 1.54) is 0 Å². The molecule has 10 heteroatoms. The Balaban J connectivity index is 1.47. The van der Waals surface area contributed by atoms with Crippen LogP contribution < -0.4 is 10.2 Å². The number of amides is 1. The largest absolute Gasteiger partial charge is 0.478 e. The summed E-state index contributed by atoms with van der Waals surface area (Å²) < 4.78 is 5.70. The van der Waals surface area contributed by atoms with Crippen LogP contribution >= 0.6 is 0 Å². The fourth-order valence-electron chi connectivity index (χ4n) is 4.84. The smallest absolute Gasteiger partial charge is 0.337 e. The van der Waals surface area contributed by atoms with Gasteiger partial charge in [0.05, 0.1) is 41.4 Å². The molecule has 0 radical (unpaired) electrons. The van der Waals surface area contributed by atoms with Crippen LogP contribution in [0, 0.1) is 13.8 Å². The number of aromatic carboxylic acids is 1. The van der Waals surface area contributed by atoms with Gasteiger partial charge >= 0.3 is 5.97 Å². The standard InChI is InChI=1S/C27H38N6O4/c1-16(2)23-24(28-9-12-37-19-7-8-19)29-14-20(31-23)25(34)33-11-10-32(15-27(33,5)6)21-13-17(3)22(26(35)36)18(4)30-21/h13-14,16,19H,7-12,15H2,1-6H3,(H,28,29)(H,35,36). The number of aryl methyl sites for hydroxylation is 2. The molecule has 2 N–H and O–H groups in total. The maximum atomic E-state index is 13.6. The Hall–Kier alpha value is -3.27. The van der Waals surface area contributed by atoms with Crippen LogP contribution in [0.25, 0.3) is 0 Å². The second-order valence-corrected chi connectivity index (χ2v) is 10.9. The van der Waals surface area contributed by atoms with Gasteiger partial charge in [0.2, 0.25) is 0 Å². The van der Waals surface area contributed by atoms with E-state index in [9.17, 15) is 14.7 Å². The highest BCUT2D eigenvalue weighted by Crippen LogP contribution is 2.29. The van der Waals surface area contributed by atoms with Gasteiger partial charge in [0.1, 0.15) is 17.3 Å². The molecule has 0 bridgehead atoms. The summed E-state index contributed by atoms with van der Waals surface area (Å²) >= 11 is 0. The Bertz CT molecular complexity index is 1150. The number of nitrogens with one attached hydrogen (secondary N) is 1. The van der Waals surface area contributed by atoms with Crippen LogP contribution in [0.5, 0.6) is 0 Å². The van der Waals surface area contributed by atoms with Crippen molar-refractivity contribution in [3.8, 4) is 0 Å². The third kappa shape index (κ3) is 6.01. The SMILES string of the molecule is Cc1cc(N2CCN(C(=O)c3cnc(NCCOC4CC4)c(C(C)C)n3)C(C)(C)C2)nc(C)c1C(=O)O. The van der Waals surface area contributed by atoms with Crippen molar-refractivity contribution in [3.05, 3.63) is 40.5 Å². The van der Waals surface area contributed by atoms with E-state index < -0.39 is 11.5 Å². The quantitative estimate of drug-likeness (QED) is 0.487. The van der Waals surface area contributed by atoms with Crippen molar-refractivity contribution in [2.24, 2.45) is 0 Å². The number of carbonyl (C=O) groups is 2. The molecule has 0 aromatic carbocycles. The van der Waals surface area contributed by atoms with Gasteiger partial charge in [-0.05, 0) is 58.1 Å². The summed E-state index contributed by atoms with van der Waals surface area (Å²) in [5.74, 6) is 0.395. The minimum atomic E-state index is -0.973. The lowest BCUT2D eigenvalue weighted by Crippen LogP contribution is -2.61. The summed E-state index contributed by atoms with van der Waals surface area (Å²) in [6, 6.07) is 1.81. The highest BCUT2D eigenvalue weighted by Gasteiger charge is 2.38. The van der Waals surface area contributed by atoms with Crippen molar-refractivity contribution in [1.82, 2.24) is 19.9 Å². The highest BCUT2D eigenvalue weighted by molar-refractivity contribution is 5.93. The zero-order valence-corrected chi connectivity index (χ0v) is 22.7. The van der Waals surface area contributed by atoms with Gasteiger partial charge in [-0.3, -0.25) is 4.79 Å². The molecule has 2 aliphatic rings. The van der Waals surface area contributed by atoms with Gasteiger partial charge in [-0.2, -0.15) is 0 Å². The molecule has 1 saturated heterocycles. The Kier molecular flexibility index (Phi) is 7.68. The Morgan fingerprint density at radius 1 is 1.22 bits per heavy atom. The van der Waals surface area contributed by atoms with Crippen molar-refractivity contribution in [3.63, 3.8) is 0 Å². The molecule has 37 heavy (non-hydrogen) atoms. The molecule has 2 aromatic rings. The molecule has 1 saturated carbocycles. The normalized spacial score (nSPS) is 17.3. The van der Waals surface area contributed by atoms with E-state index in [4.69, 9.17) is 9.72 Å². The minimum Gasteiger partial charge on any atom is -0.478 e. The zero-order chi connectivity index (χ0) is 26.9. The molecule has 10 nitrogen and oxygen atoms in total. The van der Waals surface area contributed by atoms with E-state index in [2.05, 4.69) is 20.2 Å². The zero-order valence-electron chi connectivity index (χ0n) is 22.7. The number of nitrogens with zero attached hydrogens (tertiary/aromatic N) is 5. The van der Waals surface area contributed by atoms with Crippen LogP contribution in [0.2, 0.25) is 0 Å². The van der Waals surface area contributed by atoms with Crippen LogP contribution in [0.4, 0.5) is 11.6 Å². The first-order valence-corrected chi connectivity index (χ1v) is 13.0. The molecule has 2 fully saturated rings. The molecule has 2 aromatic heterocycles. The van der Waals surface area contributed by atoms with Crippen molar-refractivity contribution in [2.45, 2.75) is 71.9 Å². The summed E-state index contributed by atoms with van der Waals surface area (Å²) in [7, 11) is 0. The Morgan fingerprint density at radius 3 is 2.54 bits per heavy atom. The number of hydrogen-bond acceptors (Lipinski definition) is 8. The van der Waals surface area contributed by atoms with E-state index in [-0.39, 0.29) is 17.4 Å². The first-order valence-electron chi connectivity index (χ1n) is 13.0. The third-order valence-corrected chi connectivity index (χ3v) is 6.91. The molecule has 4 rings (SSSR count). The van der Waals surface area contributed by atoms with Gasteiger partial charge in [-0.25, -0.2) is 19.7 Å². The van der Waals surface area contributed by atoms with E-state index in [1.807, 2.05) is 38.7 Å². The number of anilines is 2. The maximum Gasteiger partial charge on any atom is 0.337 e. The average Bonchev–Trinajstić information content (AvgIpc) is 3.64. The molecule has 0 unspecified atom stereocenters. The number of ether oxygens (including phenoxy) is 1. The van der Waals surface area contributed by atoms with Gasteiger partial charge < -0.3 is 25.0 Å². The Morgan fingerprint density at radius 2 is 1.95 bits per heavy atom. The number of aromatic nitrogens is 3. The van der Waals surface area contributed by atoms with Crippen LogP contribution in [0.15, 0.2) is 12.3 Å². The predicted octanol–water partition coefficient (Wildman–Crippen LogP) is 3.64. The van der Waals surface area contributed by atoms with Crippen LogP contribution in [0.3, 0.4) is 0 Å². The first-order chi connectivity index (χ1) is 17.5. The van der Waals surface area contributed by atoms with Gasteiger partial charge in [0, 0.05) is 26.2 Å². The molecule has 1 amide bonds. The van der Waals surface area contributed by atoms with E-state index in [1.54, 1.807) is 20.0 Å². The number of hydrogen-bond donors (Lipinski definition) is 2. The average molecular weight is 511 g/mol. The fourth-order valence-corrected chi connectivity index (χ4v) is 4.84. The van der Waals surface area contributed by atoms with Crippen molar-refractivity contribution >= 4 is 23.5 Å². The third-order valence-electron chi connectivity index (χ3n) is 6.91. The summed E-state index contributed by atoms with van der Waals surface area (Å²) in [6.45, 7) is 14.5. The number of carboxylic acid groups (broad SMARTS) is 1. The highest BCUT2D eigenvalue weighted by atomic mass is 16.5. The fraction of sp³-hybridized carbons (Fsp3) is 0.593. The molecule has 0 spiro atoms. The van der Waals surface area contributed by atoms with Gasteiger partial charge in [-0.15, -0.1) is 0 Å². The summed E-state index contributed by atoms with van der Waals surface area (Å²) in [5, 5.41) is 12.8. The molecule has 200 valence electrons. The Labute approximate surface area is 218 Å². The van der Waals surface area contributed by atoms with Crippen molar-refractivity contribution in [1.29, 1.82) is 0 Å². The molecular weight excluding hydrogens is 472 g/mol. The second-order valence-electron chi connectivity index (χ2n) is 10.9. The molecule has 3 heterocycles. The van der Waals surface area contributed by atoms with Crippen molar-refractivity contribution in [2.75, 3.05) is 43.0 Å². The second kappa shape index (κ2) is 10.6. The lowest BCUT2D eigenvalue weighted by Gasteiger charge is -2.47. The monoisotopic (exact) mass is 510 g/mol. The van der Waals surface area contributed by atoms with Gasteiger partial charge in [0.15, 0.2) is 0 Å². The predicted molar refractivity (Wildman–Crippen MR) is 142 cm³/mol. The van der Waals surface area contributed by atoms with Crippen LogP contribution in [0.1, 0.15) is 84.3 Å². The van der Waals surface area contributed by atoms with Gasteiger partial charge in [0.25, 0.3) is 5.91 Å². The number of piperazine rings is 1. The summed E-state index contributed by atoms with van der Waals surface area (Å²) in [6.07, 6.45) is 4.25. The number of carboxylic acids is 1. The molecular formula is C27H38N6O4. The maximum absolute atomic E-state index is 13.6. The topological polar surface area (TPSA) is 121 Å². The molecule has 1 aliphatic heterocycles. The lowest BCUT2D eigenvalue weighted by molar-refractivity contribution is 0.0506. The first kappa shape index (κ1) is 26.8. The summed E-state index contributed by atoms with van der Waals surface area (Å²) in [5.41, 5.74) is 2.01. The number of pyridine rings is 1. The van der Waals surface area contributed by atoms with E-state index in [0.717, 1.165) is 24.4 Å². The summed E-state index contributed by atoms with van der Waals surface area (Å²) in [4.78, 5) is 42.9. The van der Waals surface area contributed by atoms with Crippen LogP contribution in [-0.4, -0.2) is 81.3 Å². The number of carbonyl (C=O) groups excluding carboxylic acids is 1. The molecule has 0 atom stereocenters. The lowest BCUT2D eigenvalue weighted by atomic mass is 9.97. The van der Waals surface area contributed by atoms with Crippen LogP contribution in [-0.2, 0) is 4.74 Å². The minimum absolute atomic E-state index is 0.100.